The molecule has 0 bridgehead atoms. The second kappa shape index (κ2) is 6.12. The van der Waals surface area contributed by atoms with Gasteiger partial charge in [0, 0.05) is 17.1 Å². The van der Waals surface area contributed by atoms with Crippen LogP contribution in [0.25, 0.3) is 0 Å². The van der Waals surface area contributed by atoms with E-state index in [1.54, 1.807) is 12.1 Å². The highest BCUT2D eigenvalue weighted by atomic mass is 79.9. The van der Waals surface area contributed by atoms with Crippen LogP contribution in [0.4, 0.5) is 4.39 Å². The molecule has 0 amide bonds. The van der Waals surface area contributed by atoms with E-state index >= 15 is 0 Å². The van der Waals surface area contributed by atoms with Gasteiger partial charge in [-0.05, 0) is 42.3 Å². The average Bonchev–Trinajstić information content (AvgIpc) is 2.36. The largest absolute Gasteiger partial charge is 0.306 e. The molecule has 1 N–H and O–H groups in total. The van der Waals surface area contributed by atoms with Crippen LogP contribution in [0.1, 0.15) is 24.1 Å². The molecular weight excluding hydrogens is 293 g/mol. The lowest BCUT2D eigenvalue weighted by Crippen LogP contribution is -2.18. The van der Waals surface area contributed by atoms with Gasteiger partial charge in [-0.1, -0.05) is 40.2 Å². The van der Waals surface area contributed by atoms with Gasteiger partial charge in [-0.25, -0.2) is 4.39 Å². The molecule has 2 aromatic rings. The Labute approximate surface area is 115 Å². The number of nitrogens with one attached hydrogen (secondary N) is 1. The summed E-state index contributed by atoms with van der Waals surface area (Å²) in [7, 11) is 0. The summed E-state index contributed by atoms with van der Waals surface area (Å²) in [4.78, 5) is 0. The van der Waals surface area contributed by atoms with Crippen LogP contribution in [0.2, 0.25) is 0 Å². The Morgan fingerprint density at radius 2 is 1.94 bits per heavy atom. The smallest absolute Gasteiger partial charge is 0.123 e. The van der Waals surface area contributed by atoms with Crippen LogP contribution in [0.5, 0.6) is 0 Å². The van der Waals surface area contributed by atoms with Crippen molar-refractivity contribution >= 4 is 15.9 Å². The van der Waals surface area contributed by atoms with Crippen molar-refractivity contribution < 1.29 is 4.39 Å². The summed E-state index contributed by atoms with van der Waals surface area (Å²) in [6.45, 7) is 2.76. The number of benzene rings is 2. The molecule has 1 nitrogen and oxygen atoms in total. The highest BCUT2D eigenvalue weighted by Gasteiger charge is 2.05. The van der Waals surface area contributed by atoms with Gasteiger partial charge in [-0.3, -0.25) is 0 Å². The van der Waals surface area contributed by atoms with Gasteiger partial charge in [-0.15, -0.1) is 0 Å². The molecule has 0 fully saturated rings. The molecule has 0 aliphatic carbocycles. The Morgan fingerprint density at radius 3 is 2.67 bits per heavy atom. The molecule has 0 radical (unpaired) electrons. The summed E-state index contributed by atoms with van der Waals surface area (Å²) in [6, 6.07) is 15.1. The Morgan fingerprint density at radius 1 is 1.17 bits per heavy atom. The lowest BCUT2D eigenvalue weighted by Gasteiger charge is -2.14. The van der Waals surface area contributed by atoms with Crippen molar-refractivity contribution in [3.8, 4) is 0 Å². The Balaban J connectivity index is 1.98. The predicted molar refractivity (Wildman–Crippen MR) is 75.8 cm³/mol. The molecule has 1 atom stereocenters. The molecule has 0 aliphatic heterocycles. The molecule has 18 heavy (non-hydrogen) atoms. The molecule has 0 aromatic heterocycles. The van der Waals surface area contributed by atoms with Crippen molar-refractivity contribution in [2.75, 3.05) is 0 Å². The van der Waals surface area contributed by atoms with Gasteiger partial charge < -0.3 is 5.32 Å². The maximum absolute atomic E-state index is 13.0. The summed E-state index contributed by atoms with van der Waals surface area (Å²) in [5, 5.41) is 3.38. The van der Waals surface area contributed by atoms with Crippen LogP contribution in [0.3, 0.4) is 0 Å². The molecule has 3 heteroatoms. The van der Waals surface area contributed by atoms with Gasteiger partial charge in [0.25, 0.3) is 0 Å². The van der Waals surface area contributed by atoms with Gasteiger partial charge >= 0.3 is 0 Å². The van der Waals surface area contributed by atoms with E-state index in [0.717, 1.165) is 10.0 Å². The van der Waals surface area contributed by atoms with Crippen LogP contribution < -0.4 is 5.32 Å². The van der Waals surface area contributed by atoms with Gasteiger partial charge in [0.2, 0.25) is 0 Å². The molecule has 1 unspecified atom stereocenters. The van der Waals surface area contributed by atoms with Crippen molar-refractivity contribution in [1.82, 2.24) is 5.32 Å². The maximum atomic E-state index is 13.0. The van der Waals surface area contributed by atoms with E-state index in [1.165, 1.54) is 11.6 Å². The molecule has 0 heterocycles. The van der Waals surface area contributed by atoms with Crippen molar-refractivity contribution in [2.45, 2.75) is 19.5 Å². The summed E-state index contributed by atoms with van der Waals surface area (Å²) in [5.74, 6) is -0.190. The highest BCUT2D eigenvalue weighted by molar-refractivity contribution is 9.10. The monoisotopic (exact) mass is 307 g/mol. The first-order valence-electron chi connectivity index (χ1n) is 5.88. The van der Waals surface area contributed by atoms with Crippen molar-refractivity contribution in [1.29, 1.82) is 0 Å². The summed E-state index contributed by atoms with van der Waals surface area (Å²) >= 11 is 3.46. The fourth-order valence-corrected chi connectivity index (χ4v) is 2.23. The fraction of sp³-hybridized carbons (Fsp3) is 0.200. The van der Waals surface area contributed by atoms with Gasteiger partial charge in [0.05, 0.1) is 0 Å². The molecule has 2 rings (SSSR count). The van der Waals surface area contributed by atoms with E-state index in [9.17, 15) is 4.39 Å². The number of hydrogen-bond donors (Lipinski definition) is 1. The van der Waals surface area contributed by atoms with Gasteiger partial charge in [-0.2, -0.15) is 0 Å². The average molecular weight is 308 g/mol. The zero-order valence-electron chi connectivity index (χ0n) is 10.2. The van der Waals surface area contributed by atoms with E-state index in [1.807, 2.05) is 18.2 Å². The third-order valence-corrected chi connectivity index (χ3v) is 3.34. The van der Waals surface area contributed by atoms with Crippen LogP contribution in [-0.2, 0) is 6.54 Å². The minimum absolute atomic E-state index is 0.190. The topological polar surface area (TPSA) is 12.0 Å². The normalized spacial score (nSPS) is 12.4. The van der Waals surface area contributed by atoms with E-state index in [2.05, 4.69) is 40.3 Å². The first kappa shape index (κ1) is 13.2. The molecular formula is C15H15BrFN. The van der Waals surface area contributed by atoms with E-state index in [0.29, 0.717) is 6.54 Å². The van der Waals surface area contributed by atoms with Crippen LogP contribution in [-0.4, -0.2) is 0 Å². The third kappa shape index (κ3) is 3.65. The summed E-state index contributed by atoms with van der Waals surface area (Å²) in [6.07, 6.45) is 0. The number of rotatable bonds is 4. The zero-order chi connectivity index (χ0) is 13.0. The highest BCUT2D eigenvalue weighted by Crippen LogP contribution is 2.18. The van der Waals surface area contributed by atoms with Crippen molar-refractivity contribution in [3.05, 3.63) is 69.9 Å². The second-order valence-corrected chi connectivity index (χ2v) is 5.20. The molecule has 0 saturated carbocycles. The number of halogens is 2. The lowest BCUT2D eigenvalue weighted by atomic mass is 10.1. The SMILES string of the molecule is CC(NCc1cccc(F)c1)c1cccc(Br)c1. The zero-order valence-corrected chi connectivity index (χ0v) is 11.7. The minimum Gasteiger partial charge on any atom is -0.306 e. The van der Waals surface area contributed by atoms with Gasteiger partial charge in [0.15, 0.2) is 0 Å². The predicted octanol–water partition coefficient (Wildman–Crippen LogP) is 4.44. The van der Waals surface area contributed by atoms with Crippen molar-refractivity contribution in [3.63, 3.8) is 0 Å². The second-order valence-electron chi connectivity index (χ2n) is 4.29. The minimum atomic E-state index is -0.190. The fourth-order valence-electron chi connectivity index (χ4n) is 1.81. The van der Waals surface area contributed by atoms with E-state index in [-0.39, 0.29) is 11.9 Å². The standard InChI is InChI=1S/C15H15BrFN/c1-11(13-5-3-6-14(16)9-13)18-10-12-4-2-7-15(17)8-12/h2-9,11,18H,10H2,1H3. The molecule has 0 saturated heterocycles. The summed E-state index contributed by atoms with van der Waals surface area (Å²) < 4.78 is 14.1. The van der Waals surface area contributed by atoms with Gasteiger partial charge in [0.1, 0.15) is 5.82 Å². The molecule has 0 spiro atoms. The first-order chi connectivity index (χ1) is 8.65. The lowest BCUT2D eigenvalue weighted by molar-refractivity contribution is 0.569. The Hall–Kier alpha value is -1.19. The van der Waals surface area contributed by atoms with E-state index < -0.39 is 0 Å². The quantitative estimate of drug-likeness (QED) is 0.880. The third-order valence-electron chi connectivity index (χ3n) is 2.85. The number of hydrogen-bond acceptors (Lipinski definition) is 1. The van der Waals surface area contributed by atoms with Crippen LogP contribution in [0.15, 0.2) is 53.0 Å². The maximum Gasteiger partial charge on any atom is 0.123 e. The molecule has 94 valence electrons. The molecule has 2 aromatic carbocycles. The van der Waals surface area contributed by atoms with Crippen LogP contribution in [0, 0.1) is 5.82 Å². The van der Waals surface area contributed by atoms with Crippen LogP contribution >= 0.6 is 15.9 Å². The van der Waals surface area contributed by atoms with Crippen molar-refractivity contribution in [2.24, 2.45) is 0 Å². The molecule has 0 aliphatic rings. The summed E-state index contributed by atoms with van der Waals surface area (Å²) in [5.41, 5.74) is 2.16. The van der Waals surface area contributed by atoms with E-state index in [4.69, 9.17) is 0 Å². The Kier molecular flexibility index (Phi) is 4.50. The first-order valence-corrected chi connectivity index (χ1v) is 6.68. The Bertz CT molecular complexity index is 527.